The van der Waals surface area contributed by atoms with Crippen LogP contribution in [-0.4, -0.2) is 53.6 Å². The van der Waals surface area contributed by atoms with Crippen LogP contribution in [0.4, 0.5) is 4.79 Å². The molecule has 21 heavy (non-hydrogen) atoms. The quantitative estimate of drug-likeness (QED) is 0.675. The van der Waals surface area contributed by atoms with Crippen LogP contribution in [0.5, 0.6) is 0 Å². The smallest absolute Gasteiger partial charge is 0.315 e. The Hall–Kier alpha value is -1.79. The molecule has 1 fully saturated rings. The molecule has 120 valence electrons. The molecule has 0 spiro atoms. The molecule has 0 aliphatic carbocycles. The Bertz CT molecular complexity index is 380. The van der Waals surface area contributed by atoms with Gasteiger partial charge in [-0.05, 0) is 33.1 Å². The normalized spacial score (nSPS) is 17.7. The van der Waals surface area contributed by atoms with Crippen molar-refractivity contribution >= 4 is 17.9 Å². The van der Waals surface area contributed by atoms with Gasteiger partial charge in [0.25, 0.3) is 0 Å². The largest absolute Gasteiger partial charge is 0.481 e. The zero-order valence-corrected chi connectivity index (χ0v) is 12.7. The number of piperidine rings is 1. The zero-order valence-electron chi connectivity index (χ0n) is 12.7. The molecule has 3 amide bonds. The number of carboxylic acid groups (broad SMARTS) is 1. The van der Waals surface area contributed by atoms with Crippen molar-refractivity contribution in [2.45, 2.75) is 45.6 Å². The summed E-state index contributed by atoms with van der Waals surface area (Å²) in [6, 6.07) is -0.914. The molecular formula is C14H25N3O4. The number of carbonyl (C=O) groups excluding carboxylic acids is 2. The van der Waals surface area contributed by atoms with Crippen molar-refractivity contribution in [3.05, 3.63) is 0 Å². The minimum atomic E-state index is -0.955. The maximum Gasteiger partial charge on any atom is 0.315 e. The minimum absolute atomic E-state index is 0.0574. The first-order valence-corrected chi connectivity index (χ1v) is 7.46. The molecule has 1 aliphatic heterocycles. The Morgan fingerprint density at radius 1 is 1.14 bits per heavy atom. The summed E-state index contributed by atoms with van der Waals surface area (Å²) in [5.74, 6) is -1.56. The van der Waals surface area contributed by atoms with Gasteiger partial charge in [0.05, 0.1) is 5.92 Å². The number of carboxylic acids is 1. The highest BCUT2D eigenvalue weighted by Gasteiger charge is 2.21. The highest BCUT2D eigenvalue weighted by molar-refractivity contribution is 5.79. The molecule has 1 rings (SSSR count). The third kappa shape index (κ3) is 6.01. The van der Waals surface area contributed by atoms with Crippen LogP contribution in [0.15, 0.2) is 0 Å². The van der Waals surface area contributed by atoms with Gasteiger partial charge in [-0.3, -0.25) is 9.59 Å². The molecule has 3 N–H and O–H groups in total. The van der Waals surface area contributed by atoms with Gasteiger partial charge in [-0.2, -0.15) is 0 Å². The molecule has 2 atom stereocenters. The SMILES string of the molecule is CC(NC(=O)NCCC(=O)N1CCCCC1)C(C)C(=O)O. The van der Waals surface area contributed by atoms with Crippen molar-refractivity contribution < 1.29 is 19.5 Å². The molecule has 0 aromatic heterocycles. The van der Waals surface area contributed by atoms with E-state index < -0.39 is 24.0 Å². The summed E-state index contributed by atoms with van der Waals surface area (Å²) in [5.41, 5.74) is 0. The van der Waals surface area contributed by atoms with E-state index in [1.807, 2.05) is 4.90 Å². The molecule has 2 unspecified atom stereocenters. The number of nitrogens with one attached hydrogen (secondary N) is 2. The molecule has 0 saturated carbocycles. The Morgan fingerprint density at radius 2 is 1.76 bits per heavy atom. The van der Waals surface area contributed by atoms with E-state index in [1.165, 1.54) is 13.3 Å². The van der Waals surface area contributed by atoms with E-state index in [4.69, 9.17) is 5.11 Å². The predicted molar refractivity (Wildman–Crippen MR) is 77.8 cm³/mol. The van der Waals surface area contributed by atoms with E-state index in [0.29, 0.717) is 0 Å². The van der Waals surface area contributed by atoms with Gasteiger partial charge in [0, 0.05) is 32.1 Å². The predicted octanol–water partition coefficient (Wildman–Crippen LogP) is 0.797. The number of amides is 3. The number of carbonyl (C=O) groups is 3. The number of likely N-dealkylation sites (tertiary alicyclic amines) is 1. The van der Waals surface area contributed by atoms with Gasteiger partial charge in [0.15, 0.2) is 0 Å². The number of nitrogens with zero attached hydrogens (tertiary/aromatic N) is 1. The van der Waals surface area contributed by atoms with E-state index >= 15 is 0 Å². The van der Waals surface area contributed by atoms with Crippen LogP contribution >= 0.6 is 0 Å². The molecule has 7 heteroatoms. The van der Waals surface area contributed by atoms with E-state index in [0.717, 1.165) is 25.9 Å². The van der Waals surface area contributed by atoms with E-state index in [-0.39, 0.29) is 18.9 Å². The highest BCUT2D eigenvalue weighted by Crippen LogP contribution is 2.09. The lowest BCUT2D eigenvalue weighted by Crippen LogP contribution is -2.46. The first kappa shape index (κ1) is 17.3. The van der Waals surface area contributed by atoms with Crippen molar-refractivity contribution in [1.82, 2.24) is 15.5 Å². The van der Waals surface area contributed by atoms with Gasteiger partial charge in [-0.25, -0.2) is 4.79 Å². The van der Waals surface area contributed by atoms with Crippen LogP contribution in [0.1, 0.15) is 39.5 Å². The molecule has 0 aromatic carbocycles. The summed E-state index contributed by atoms with van der Waals surface area (Å²) in [5, 5.41) is 14.0. The topological polar surface area (TPSA) is 98.7 Å². The van der Waals surface area contributed by atoms with Crippen molar-refractivity contribution in [1.29, 1.82) is 0 Å². The third-order valence-electron chi connectivity index (χ3n) is 3.83. The molecular weight excluding hydrogens is 274 g/mol. The molecule has 7 nitrogen and oxygen atoms in total. The number of hydrogen-bond acceptors (Lipinski definition) is 3. The van der Waals surface area contributed by atoms with Crippen LogP contribution < -0.4 is 10.6 Å². The van der Waals surface area contributed by atoms with Gasteiger partial charge in [0.2, 0.25) is 5.91 Å². The van der Waals surface area contributed by atoms with Crippen molar-refractivity contribution in [2.75, 3.05) is 19.6 Å². The van der Waals surface area contributed by atoms with E-state index in [9.17, 15) is 14.4 Å². The second-order valence-electron chi connectivity index (χ2n) is 5.51. The number of urea groups is 1. The Kier molecular flexibility index (Phi) is 6.98. The summed E-state index contributed by atoms with van der Waals surface area (Å²) < 4.78 is 0. The summed E-state index contributed by atoms with van der Waals surface area (Å²) in [4.78, 5) is 36.1. The monoisotopic (exact) mass is 299 g/mol. The maximum atomic E-state index is 11.9. The van der Waals surface area contributed by atoms with Crippen molar-refractivity contribution in [2.24, 2.45) is 5.92 Å². The average molecular weight is 299 g/mol. The first-order chi connectivity index (χ1) is 9.91. The van der Waals surface area contributed by atoms with Crippen molar-refractivity contribution in [3.63, 3.8) is 0 Å². The second kappa shape index (κ2) is 8.49. The summed E-state index contributed by atoms with van der Waals surface area (Å²) in [6.45, 7) is 5.04. The van der Waals surface area contributed by atoms with E-state index in [1.54, 1.807) is 6.92 Å². The van der Waals surface area contributed by atoms with Crippen LogP contribution in [0, 0.1) is 5.92 Å². The van der Waals surface area contributed by atoms with E-state index in [2.05, 4.69) is 10.6 Å². The van der Waals surface area contributed by atoms with Crippen LogP contribution in [0.25, 0.3) is 0 Å². The molecule has 1 saturated heterocycles. The Labute approximate surface area is 125 Å². The fourth-order valence-electron chi connectivity index (χ4n) is 2.18. The van der Waals surface area contributed by atoms with Gasteiger partial charge >= 0.3 is 12.0 Å². The lowest BCUT2D eigenvalue weighted by Gasteiger charge is -2.26. The molecule has 0 radical (unpaired) electrons. The average Bonchev–Trinajstić information content (AvgIpc) is 2.46. The minimum Gasteiger partial charge on any atom is -0.481 e. The standard InChI is InChI=1S/C14H25N3O4/c1-10(13(19)20)11(2)16-14(21)15-7-6-12(18)17-8-4-3-5-9-17/h10-11H,3-9H2,1-2H3,(H,19,20)(H2,15,16,21). The second-order valence-corrected chi connectivity index (χ2v) is 5.51. The highest BCUT2D eigenvalue weighted by atomic mass is 16.4. The fraction of sp³-hybridized carbons (Fsp3) is 0.786. The van der Waals surface area contributed by atoms with Gasteiger partial charge in [-0.15, -0.1) is 0 Å². The van der Waals surface area contributed by atoms with Gasteiger partial charge < -0.3 is 20.6 Å². The molecule has 0 aromatic rings. The summed E-state index contributed by atoms with van der Waals surface area (Å²) >= 11 is 0. The lowest BCUT2D eigenvalue weighted by molar-refractivity contribution is -0.141. The number of rotatable bonds is 6. The van der Waals surface area contributed by atoms with Gasteiger partial charge in [-0.1, -0.05) is 0 Å². The maximum absolute atomic E-state index is 11.9. The zero-order chi connectivity index (χ0) is 15.8. The van der Waals surface area contributed by atoms with Crippen LogP contribution in [0.2, 0.25) is 0 Å². The van der Waals surface area contributed by atoms with Gasteiger partial charge in [0.1, 0.15) is 0 Å². The number of aliphatic carboxylic acids is 1. The first-order valence-electron chi connectivity index (χ1n) is 7.46. The van der Waals surface area contributed by atoms with Crippen molar-refractivity contribution in [3.8, 4) is 0 Å². The Morgan fingerprint density at radius 3 is 2.33 bits per heavy atom. The van der Waals surface area contributed by atoms with Crippen LogP contribution in [-0.2, 0) is 9.59 Å². The molecule has 0 bridgehead atoms. The molecule has 1 aliphatic rings. The lowest BCUT2D eigenvalue weighted by atomic mass is 10.0. The Balaban J connectivity index is 2.20. The molecule has 1 heterocycles. The fourth-order valence-corrected chi connectivity index (χ4v) is 2.18. The summed E-state index contributed by atoms with van der Waals surface area (Å²) in [7, 11) is 0. The summed E-state index contributed by atoms with van der Waals surface area (Å²) in [6.07, 6.45) is 3.54. The third-order valence-corrected chi connectivity index (χ3v) is 3.83. The van der Waals surface area contributed by atoms with Crippen LogP contribution in [0.3, 0.4) is 0 Å². The number of hydrogen-bond donors (Lipinski definition) is 3.